The van der Waals surface area contributed by atoms with E-state index in [9.17, 15) is 4.79 Å². The first kappa shape index (κ1) is 20.0. The summed E-state index contributed by atoms with van der Waals surface area (Å²) in [7, 11) is 0. The monoisotopic (exact) mass is 448 g/mol. The van der Waals surface area contributed by atoms with E-state index in [4.69, 9.17) is 20.8 Å². The Morgan fingerprint density at radius 3 is 2.74 bits per heavy atom. The van der Waals surface area contributed by atoms with Gasteiger partial charge in [0.25, 0.3) is 0 Å². The SMILES string of the molecule is CCCCc1oc2ccccc2c1C(=O)c1ccc(OCCCBr)c(Cl)c1. The molecular formula is C22H22BrClO3. The summed E-state index contributed by atoms with van der Waals surface area (Å²) >= 11 is 9.71. The van der Waals surface area contributed by atoms with Crippen molar-refractivity contribution in [3.63, 3.8) is 0 Å². The molecule has 0 fully saturated rings. The zero-order valence-electron chi connectivity index (χ0n) is 15.3. The molecule has 0 N–H and O–H groups in total. The smallest absolute Gasteiger partial charge is 0.197 e. The molecule has 3 rings (SSSR count). The Morgan fingerprint density at radius 1 is 1.19 bits per heavy atom. The molecule has 1 heterocycles. The lowest BCUT2D eigenvalue weighted by Crippen LogP contribution is -2.05. The van der Waals surface area contributed by atoms with Gasteiger partial charge in [0.1, 0.15) is 17.1 Å². The van der Waals surface area contributed by atoms with E-state index in [1.165, 1.54) is 0 Å². The van der Waals surface area contributed by atoms with Crippen LogP contribution in [0.4, 0.5) is 0 Å². The Hall–Kier alpha value is -1.78. The summed E-state index contributed by atoms with van der Waals surface area (Å²) in [5.41, 5.74) is 1.92. The average Bonchev–Trinajstić information content (AvgIpc) is 3.05. The highest BCUT2D eigenvalue weighted by Crippen LogP contribution is 2.32. The molecule has 0 radical (unpaired) electrons. The highest BCUT2D eigenvalue weighted by atomic mass is 79.9. The van der Waals surface area contributed by atoms with Crippen molar-refractivity contribution in [3.05, 3.63) is 64.4 Å². The van der Waals surface area contributed by atoms with Crippen LogP contribution in [0.25, 0.3) is 11.0 Å². The van der Waals surface area contributed by atoms with Crippen LogP contribution < -0.4 is 4.74 Å². The van der Waals surface area contributed by atoms with Crippen LogP contribution in [0.5, 0.6) is 5.75 Å². The third-order valence-electron chi connectivity index (χ3n) is 4.38. The van der Waals surface area contributed by atoms with Gasteiger partial charge in [0.15, 0.2) is 5.78 Å². The van der Waals surface area contributed by atoms with Gasteiger partial charge in [0.2, 0.25) is 0 Å². The quantitative estimate of drug-likeness (QED) is 0.204. The van der Waals surface area contributed by atoms with E-state index in [1.54, 1.807) is 18.2 Å². The number of alkyl halides is 1. The van der Waals surface area contributed by atoms with E-state index < -0.39 is 0 Å². The van der Waals surface area contributed by atoms with Crippen LogP contribution in [0.15, 0.2) is 46.9 Å². The minimum Gasteiger partial charge on any atom is -0.492 e. The number of hydrogen-bond donors (Lipinski definition) is 0. The molecule has 0 saturated heterocycles. The van der Waals surface area contributed by atoms with Gasteiger partial charge in [-0.15, -0.1) is 0 Å². The van der Waals surface area contributed by atoms with Crippen molar-refractivity contribution in [2.24, 2.45) is 0 Å². The van der Waals surface area contributed by atoms with E-state index in [0.717, 1.165) is 47.7 Å². The van der Waals surface area contributed by atoms with Crippen molar-refractivity contribution in [1.29, 1.82) is 0 Å². The Kier molecular flexibility index (Phi) is 6.97. The number of ketones is 1. The lowest BCUT2D eigenvalue weighted by molar-refractivity contribution is 0.103. The molecule has 0 atom stereocenters. The van der Waals surface area contributed by atoms with Crippen LogP contribution in [-0.2, 0) is 6.42 Å². The highest BCUT2D eigenvalue weighted by molar-refractivity contribution is 9.09. The molecule has 0 bridgehead atoms. The fourth-order valence-corrected chi connectivity index (χ4v) is 3.46. The van der Waals surface area contributed by atoms with E-state index in [-0.39, 0.29) is 5.78 Å². The van der Waals surface area contributed by atoms with Gasteiger partial charge in [-0.2, -0.15) is 0 Å². The molecule has 2 aromatic carbocycles. The number of furan rings is 1. The molecule has 5 heteroatoms. The van der Waals surface area contributed by atoms with Crippen molar-refractivity contribution in [3.8, 4) is 5.75 Å². The zero-order valence-corrected chi connectivity index (χ0v) is 17.6. The van der Waals surface area contributed by atoms with Crippen molar-refractivity contribution >= 4 is 44.3 Å². The van der Waals surface area contributed by atoms with Gasteiger partial charge in [0, 0.05) is 22.7 Å². The summed E-state index contributed by atoms with van der Waals surface area (Å²) < 4.78 is 11.6. The molecule has 0 saturated carbocycles. The molecule has 142 valence electrons. The first-order chi connectivity index (χ1) is 13.2. The second-order valence-electron chi connectivity index (χ2n) is 6.37. The summed E-state index contributed by atoms with van der Waals surface area (Å²) in [6, 6.07) is 12.9. The molecule has 27 heavy (non-hydrogen) atoms. The highest BCUT2D eigenvalue weighted by Gasteiger charge is 2.22. The topological polar surface area (TPSA) is 39.4 Å². The molecule has 0 unspecified atom stereocenters. The average molecular weight is 450 g/mol. The number of rotatable bonds is 9. The molecular weight excluding hydrogens is 428 g/mol. The van der Waals surface area contributed by atoms with Crippen molar-refractivity contribution in [2.45, 2.75) is 32.6 Å². The number of carbonyl (C=O) groups is 1. The minimum absolute atomic E-state index is 0.0695. The number of fused-ring (bicyclic) bond motifs is 1. The van der Waals surface area contributed by atoms with Gasteiger partial charge >= 0.3 is 0 Å². The molecule has 0 aliphatic carbocycles. The lowest BCUT2D eigenvalue weighted by atomic mass is 9.98. The number of aryl methyl sites for hydroxylation is 1. The number of para-hydroxylation sites is 1. The van der Waals surface area contributed by atoms with E-state index in [0.29, 0.717) is 28.5 Å². The predicted octanol–water partition coefficient (Wildman–Crippen LogP) is 6.82. The third-order valence-corrected chi connectivity index (χ3v) is 5.24. The summed E-state index contributed by atoms with van der Waals surface area (Å²) in [5, 5.41) is 2.16. The summed E-state index contributed by atoms with van der Waals surface area (Å²) in [6.45, 7) is 2.70. The maximum atomic E-state index is 13.3. The molecule has 0 aliphatic rings. The number of benzene rings is 2. The van der Waals surface area contributed by atoms with E-state index in [2.05, 4.69) is 22.9 Å². The predicted molar refractivity (Wildman–Crippen MR) is 114 cm³/mol. The summed E-state index contributed by atoms with van der Waals surface area (Å²) in [6.07, 6.45) is 3.64. The number of unbranched alkanes of at least 4 members (excludes halogenated alkanes) is 1. The number of ether oxygens (including phenoxy) is 1. The van der Waals surface area contributed by atoms with Crippen molar-refractivity contribution in [1.82, 2.24) is 0 Å². The Labute approximate surface area is 172 Å². The zero-order chi connectivity index (χ0) is 19.2. The third kappa shape index (κ3) is 4.56. The van der Waals surface area contributed by atoms with Crippen molar-refractivity contribution in [2.75, 3.05) is 11.9 Å². The largest absolute Gasteiger partial charge is 0.492 e. The van der Waals surface area contributed by atoms with Gasteiger partial charge in [-0.3, -0.25) is 4.79 Å². The first-order valence-corrected chi connectivity index (χ1v) is 10.7. The van der Waals surface area contributed by atoms with Gasteiger partial charge < -0.3 is 9.15 Å². The molecule has 3 aromatic rings. The van der Waals surface area contributed by atoms with Crippen LogP contribution in [0.2, 0.25) is 5.02 Å². The van der Waals surface area contributed by atoms with Gasteiger partial charge in [0.05, 0.1) is 17.2 Å². The number of hydrogen-bond acceptors (Lipinski definition) is 3. The maximum Gasteiger partial charge on any atom is 0.197 e. The minimum atomic E-state index is -0.0695. The Morgan fingerprint density at radius 2 is 2.00 bits per heavy atom. The van der Waals surface area contributed by atoms with Crippen molar-refractivity contribution < 1.29 is 13.9 Å². The van der Waals surface area contributed by atoms with Crippen LogP contribution in [0, 0.1) is 0 Å². The number of carbonyl (C=O) groups excluding carboxylic acids is 1. The van der Waals surface area contributed by atoms with E-state index in [1.807, 2.05) is 24.3 Å². The maximum absolute atomic E-state index is 13.3. The molecule has 3 nitrogen and oxygen atoms in total. The van der Waals surface area contributed by atoms with Gasteiger partial charge in [-0.25, -0.2) is 0 Å². The van der Waals surface area contributed by atoms with Crippen LogP contribution in [0.3, 0.4) is 0 Å². The molecule has 0 spiro atoms. The van der Waals surface area contributed by atoms with Crippen LogP contribution in [-0.4, -0.2) is 17.7 Å². The summed E-state index contributed by atoms with van der Waals surface area (Å²) in [4.78, 5) is 13.3. The Balaban J connectivity index is 1.94. The van der Waals surface area contributed by atoms with Gasteiger partial charge in [-0.05, 0) is 37.1 Å². The first-order valence-electron chi connectivity index (χ1n) is 9.19. The molecule has 0 aliphatic heterocycles. The van der Waals surface area contributed by atoms with Crippen LogP contribution >= 0.6 is 27.5 Å². The Bertz CT molecular complexity index is 932. The fraction of sp³-hybridized carbons (Fsp3) is 0.318. The lowest BCUT2D eigenvalue weighted by Gasteiger charge is -2.09. The second kappa shape index (κ2) is 9.43. The normalized spacial score (nSPS) is 11.1. The van der Waals surface area contributed by atoms with E-state index >= 15 is 0 Å². The summed E-state index contributed by atoms with van der Waals surface area (Å²) in [5.74, 6) is 1.27. The molecule has 0 amide bonds. The van der Waals surface area contributed by atoms with Gasteiger partial charge in [-0.1, -0.05) is 59.1 Å². The number of halogens is 2. The standard InChI is InChI=1S/C22H22BrClO3/c1-2-3-8-20-21(16-7-4-5-9-18(16)27-20)22(25)15-10-11-19(17(24)14-15)26-13-6-12-23/h4-5,7,9-11,14H,2-3,6,8,12-13H2,1H3. The fourth-order valence-electron chi connectivity index (χ4n) is 3.00. The van der Waals surface area contributed by atoms with Crippen LogP contribution in [0.1, 0.15) is 47.9 Å². The second-order valence-corrected chi connectivity index (χ2v) is 7.57. The molecule has 1 aromatic heterocycles.